The van der Waals surface area contributed by atoms with Crippen molar-refractivity contribution in [1.82, 2.24) is 9.97 Å². The summed E-state index contributed by atoms with van der Waals surface area (Å²) in [7, 11) is 0. The maximum Gasteiger partial charge on any atom is 0.227 e. The molecule has 3 aromatic rings. The minimum absolute atomic E-state index is 0.362. The fourth-order valence-corrected chi connectivity index (χ4v) is 2.41. The van der Waals surface area contributed by atoms with E-state index < -0.39 is 5.92 Å². The molecular weight excluding hydrogens is 324 g/mol. The van der Waals surface area contributed by atoms with Crippen LogP contribution in [0.5, 0.6) is 0 Å². The summed E-state index contributed by atoms with van der Waals surface area (Å²) in [4.78, 5) is 8.60. The van der Waals surface area contributed by atoms with Crippen LogP contribution in [0.25, 0.3) is 0 Å². The van der Waals surface area contributed by atoms with E-state index in [2.05, 4.69) is 33.5 Å². The first-order valence-corrected chi connectivity index (χ1v) is 7.73. The number of hydrogen-bond acceptors (Lipinski definition) is 6. The first-order valence-electron chi connectivity index (χ1n) is 7.73. The molecule has 0 fully saturated rings. The number of nitrogens with zero attached hydrogens (tertiary/aromatic N) is 5. The lowest BCUT2D eigenvalue weighted by Gasteiger charge is -2.11. The van der Waals surface area contributed by atoms with Gasteiger partial charge in [-0.15, -0.1) is 0 Å². The predicted molar refractivity (Wildman–Crippen MR) is 95.1 cm³/mol. The Balaban J connectivity index is 1.85. The third-order valence-corrected chi connectivity index (χ3v) is 3.75. The molecule has 0 aliphatic carbocycles. The molecule has 1 aromatic heterocycles. The van der Waals surface area contributed by atoms with Gasteiger partial charge in [-0.2, -0.15) is 15.8 Å². The van der Waals surface area contributed by atoms with E-state index in [1.807, 2.05) is 0 Å². The van der Waals surface area contributed by atoms with Crippen molar-refractivity contribution in [1.29, 1.82) is 15.8 Å². The summed E-state index contributed by atoms with van der Waals surface area (Å²) in [5.74, 6) is -0.201. The van der Waals surface area contributed by atoms with Gasteiger partial charge in [0.05, 0.1) is 35.0 Å². The second kappa shape index (κ2) is 7.57. The third-order valence-electron chi connectivity index (χ3n) is 3.75. The minimum atomic E-state index is -0.563. The number of anilines is 2. The molecule has 6 nitrogen and oxygen atoms in total. The lowest BCUT2D eigenvalue weighted by atomic mass is 9.96. The van der Waals surface area contributed by atoms with E-state index in [1.54, 1.807) is 60.8 Å². The minimum Gasteiger partial charge on any atom is -0.324 e. The molecule has 0 radical (unpaired) electrons. The molecule has 0 saturated heterocycles. The summed E-state index contributed by atoms with van der Waals surface area (Å²) in [5.41, 5.74) is 3.16. The molecule has 1 unspecified atom stereocenters. The van der Waals surface area contributed by atoms with Crippen LogP contribution < -0.4 is 5.32 Å². The molecule has 3 rings (SSSR count). The molecule has 0 aliphatic rings. The summed E-state index contributed by atoms with van der Waals surface area (Å²) in [6.07, 6.45) is 1.59. The average Bonchev–Trinajstić information content (AvgIpc) is 2.70. The highest BCUT2D eigenvalue weighted by atomic mass is 15.1. The van der Waals surface area contributed by atoms with E-state index in [0.29, 0.717) is 22.8 Å². The van der Waals surface area contributed by atoms with Crippen molar-refractivity contribution in [3.05, 3.63) is 83.2 Å². The van der Waals surface area contributed by atoms with Gasteiger partial charge in [-0.3, -0.25) is 0 Å². The summed E-state index contributed by atoms with van der Waals surface area (Å²) >= 11 is 0. The van der Waals surface area contributed by atoms with E-state index in [4.69, 9.17) is 10.5 Å². The molecule has 122 valence electrons. The third kappa shape index (κ3) is 3.64. The van der Waals surface area contributed by atoms with Crippen LogP contribution >= 0.6 is 0 Å². The molecule has 2 aromatic carbocycles. The van der Waals surface area contributed by atoms with E-state index in [9.17, 15) is 5.26 Å². The number of benzene rings is 2. The van der Waals surface area contributed by atoms with Gasteiger partial charge in [0.15, 0.2) is 0 Å². The number of aromatic nitrogens is 2. The Labute approximate surface area is 150 Å². The summed E-state index contributed by atoms with van der Waals surface area (Å²) in [6, 6.07) is 21.8. The van der Waals surface area contributed by atoms with Gasteiger partial charge in [0.25, 0.3) is 0 Å². The molecule has 1 N–H and O–H groups in total. The number of nitriles is 3. The van der Waals surface area contributed by atoms with Crippen LogP contribution in [0.1, 0.15) is 28.3 Å². The van der Waals surface area contributed by atoms with E-state index in [-0.39, 0.29) is 0 Å². The van der Waals surface area contributed by atoms with Crippen molar-refractivity contribution < 1.29 is 0 Å². The number of nitrogens with one attached hydrogen (secondary N) is 1. The van der Waals surface area contributed by atoms with Crippen LogP contribution in [0.2, 0.25) is 0 Å². The maximum atomic E-state index is 9.57. The highest BCUT2D eigenvalue weighted by molar-refractivity contribution is 5.55. The largest absolute Gasteiger partial charge is 0.324 e. The summed E-state index contributed by atoms with van der Waals surface area (Å²) in [6.45, 7) is 0. The topological polar surface area (TPSA) is 109 Å². The van der Waals surface area contributed by atoms with Crippen molar-refractivity contribution in [3.8, 4) is 18.2 Å². The Morgan fingerprint density at radius 1 is 0.808 bits per heavy atom. The lowest BCUT2D eigenvalue weighted by Crippen LogP contribution is -2.05. The van der Waals surface area contributed by atoms with Gasteiger partial charge in [-0.25, -0.2) is 9.97 Å². The molecule has 1 atom stereocenters. The predicted octanol–water partition coefficient (Wildman–Crippen LogP) is 3.62. The fraction of sp³-hybridized carbons (Fsp3) is 0.0500. The molecule has 0 amide bonds. The van der Waals surface area contributed by atoms with Crippen LogP contribution in [0.4, 0.5) is 11.6 Å². The molecule has 1 heterocycles. The molecule has 0 spiro atoms. The molecule has 0 aliphatic heterocycles. The molecule has 0 bridgehead atoms. The summed E-state index contributed by atoms with van der Waals surface area (Å²) in [5, 5.41) is 30.4. The zero-order valence-corrected chi connectivity index (χ0v) is 13.6. The molecule has 6 heteroatoms. The van der Waals surface area contributed by atoms with Gasteiger partial charge >= 0.3 is 0 Å². The Morgan fingerprint density at radius 2 is 1.42 bits per heavy atom. The van der Waals surface area contributed by atoms with Gasteiger partial charge in [0, 0.05) is 11.9 Å². The Bertz CT molecular complexity index is 1030. The Hall–Kier alpha value is -4.21. The fourth-order valence-electron chi connectivity index (χ4n) is 2.41. The second-order valence-corrected chi connectivity index (χ2v) is 5.42. The first kappa shape index (κ1) is 16.6. The first-order chi connectivity index (χ1) is 12.7. The zero-order chi connectivity index (χ0) is 18.4. The lowest BCUT2D eigenvalue weighted by molar-refractivity contribution is 0.948. The van der Waals surface area contributed by atoms with E-state index in [1.165, 1.54) is 0 Å². The standard InChI is InChI=1S/C20H12N6/c21-11-14-1-5-16(6-2-14)18(13-23)19-9-10-24-20(26-19)25-17-7-3-15(12-22)4-8-17/h1-10,18H,(H,24,25,26). The SMILES string of the molecule is N#Cc1ccc(Nc2nccc(C(C#N)c3ccc(C#N)cc3)n2)cc1. The second-order valence-electron chi connectivity index (χ2n) is 5.42. The Morgan fingerprint density at radius 3 is 2.00 bits per heavy atom. The van der Waals surface area contributed by atoms with Gasteiger partial charge in [-0.05, 0) is 48.0 Å². The molecule has 0 saturated carbocycles. The monoisotopic (exact) mass is 336 g/mol. The molecular formula is C20H12N6. The average molecular weight is 336 g/mol. The van der Waals surface area contributed by atoms with Crippen molar-refractivity contribution in [2.24, 2.45) is 0 Å². The van der Waals surface area contributed by atoms with Crippen molar-refractivity contribution in [2.45, 2.75) is 5.92 Å². The number of rotatable bonds is 4. The quantitative estimate of drug-likeness (QED) is 0.779. The van der Waals surface area contributed by atoms with Gasteiger partial charge in [-0.1, -0.05) is 12.1 Å². The maximum absolute atomic E-state index is 9.57. The summed E-state index contributed by atoms with van der Waals surface area (Å²) < 4.78 is 0. The van der Waals surface area contributed by atoms with Gasteiger partial charge < -0.3 is 5.32 Å². The van der Waals surface area contributed by atoms with Gasteiger partial charge in [0.2, 0.25) is 5.95 Å². The van der Waals surface area contributed by atoms with E-state index >= 15 is 0 Å². The van der Waals surface area contributed by atoms with Crippen LogP contribution in [-0.2, 0) is 0 Å². The van der Waals surface area contributed by atoms with Crippen molar-refractivity contribution in [2.75, 3.05) is 5.32 Å². The smallest absolute Gasteiger partial charge is 0.227 e. The van der Waals surface area contributed by atoms with Crippen LogP contribution in [0.3, 0.4) is 0 Å². The molecule has 26 heavy (non-hydrogen) atoms. The highest BCUT2D eigenvalue weighted by Crippen LogP contribution is 2.24. The van der Waals surface area contributed by atoms with Gasteiger partial charge in [0.1, 0.15) is 5.92 Å². The van der Waals surface area contributed by atoms with Crippen LogP contribution in [-0.4, -0.2) is 9.97 Å². The van der Waals surface area contributed by atoms with Crippen molar-refractivity contribution >= 4 is 11.6 Å². The Kier molecular flexibility index (Phi) is 4.85. The normalized spacial score (nSPS) is 10.8. The zero-order valence-electron chi connectivity index (χ0n) is 13.6. The number of hydrogen-bond donors (Lipinski definition) is 1. The van der Waals surface area contributed by atoms with E-state index in [0.717, 1.165) is 11.3 Å². The van der Waals surface area contributed by atoms with Crippen molar-refractivity contribution in [3.63, 3.8) is 0 Å². The van der Waals surface area contributed by atoms with Crippen LogP contribution in [0.15, 0.2) is 60.8 Å². The highest BCUT2D eigenvalue weighted by Gasteiger charge is 2.16. The van der Waals surface area contributed by atoms with Crippen LogP contribution in [0, 0.1) is 34.0 Å².